The van der Waals surface area contributed by atoms with Gasteiger partial charge in [-0.05, 0) is 54.5 Å². The Morgan fingerprint density at radius 3 is 2.12 bits per heavy atom. The Kier molecular flexibility index (Phi) is 8.86. The number of nitrogens with one attached hydrogen (secondary N) is 2. The molecule has 34 heavy (non-hydrogen) atoms. The first-order valence-electron chi connectivity index (χ1n) is 11.9. The Balaban J connectivity index is 1.77. The van der Waals surface area contributed by atoms with E-state index in [0.717, 1.165) is 28.7 Å². The zero-order valence-electron chi connectivity index (χ0n) is 20.4. The number of carbonyl (C=O) groups is 2. The lowest BCUT2D eigenvalue weighted by Gasteiger charge is -2.21. The van der Waals surface area contributed by atoms with Crippen LogP contribution in [0.1, 0.15) is 67.7 Å². The van der Waals surface area contributed by atoms with Gasteiger partial charge in [-0.3, -0.25) is 4.79 Å². The molecule has 0 heterocycles. The topological polar surface area (TPSA) is 67.4 Å². The summed E-state index contributed by atoms with van der Waals surface area (Å²) in [5, 5.41) is 5.97. The molecule has 0 aliphatic rings. The third kappa shape index (κ3) is 6.70. The van der Waals surface area contributed by atoms with Crippen LogP contribution in [0.4, 0.5) is 4.79 Å². The molecular weight excluding hydrogens is 424 g/mol. The quantitative estimate of drug-likeness (QED) is 0.376. The fraction of sp³-hybridized carbons (Fsp3) is 0.310. The predicted octanol–water partition coefficient (Wildman–Crippen LogP) is 6.68. The molecule has 178 valence electrons. The molecule has 5 heteroatoms. The second-order valence-corrected chi connectivity index (χ2v) is 8.90. The maximum absolute atomic E-state index is 12.9. The molecular formula is C29H34N2O3. The van der Waals surface area contributed by atoms with E-state index in [9.17, 15) is 9.59 Å². The second-order valence-electron chi connectivity index (χ2n) is 8.90. The number of rotatable bonds is 9. The van der Waals surface area contributed by atoms with Crippen molar-refractivity contribution < 1.29 is 14.3 Å². The first-order valence-corrected chi connectivity index (χ1v) is 11.9. The molecule has 0 fully saturated rings. The Labute approximate surface area is 202 Å². The highest BCUT2D eigenvalue weighted by atomic mass is 16.6. The summed E-state index contributed by atoms with van der Waals surface area (Å²) in [5.74, 6) is 0.426. The van der Waals surface area contributed by atoms with Gasteiger partial charge in [0.2, 0.25) is 0 Å². The fourth-order valence-corrected chi connectivity index (χ4v) is 3.85. The van der Waals surface area contributed by atoms with Gasteiger partial charge in [0.25, 0.3) is 5.91 Å². The minimum absolute atomic E-state index is 0.0947. The van der Waals surface area contributed by atoms with Crippen molar-refractivity contribution in [2.45, 2.75) is 46.3 Å². The van der Waals surface area contributed by atoms with Crippen LogP contribution in [0.25, 0.3) is 11.1 Å². The smallest absolute Gasteiger partial charge is 0.408 e. The molecule has 0 spiro atoms. The molecule has 0 saturated heterocycles. The van der Waals surface area contributed by atoms with E-state index in [-0.39, 0.29) is 18.1 Å². The Morgan fingerprint density at radius 2 is 1.41 bits per heavy atom. The summed E-state index contributed by atoms with van der Waals surface area (Å²) in [4.78, 5) is 25.5. The van der Waals surface area contributed by atoms with Crippen LogP contribution in [0.2, 0.25) is 0 Å². The van der Waals surface area contributed by atoms with Crippen LogP contribution >= 0.6 is 0 Å². The van der Waals surface area contributed by atoms with Gasteiger partial charge in [0.15, 0.2) is 0 Å². The third-order valence-corrected chi connectivity index (χ3v) is 5.78. The maximum atomic E-state index is 12.9. The Hall–Kier alpha value is -3.60. The van der Waals surface area contributed by atoms with Crippen molar-refractivity contribution >= 4 is 12.0 Å². The van der Waals surface area contributed by atoms with Crippen LogP contribution < -0.4 is 10.6 Å². The van der Waals surface area contributed by atoms with Crippen molar-refractivity contribution in [2.24, 2.45) is 5.92 Å². The monoisotopic (exact) mass is 458 g/mol. The number of hydrogen-bond donors (Lipinski definition) is 2. The van der Waals surface area contributed by atoms with Gasteiger partial charge in [0, 0.05) is 12.1 Å². The van der Waals surface area contributed by atoms with E-state index in [1.165, 1.54) is 0 Å². The molecule has 0 unspecified atom stereocenters. The van der Waals surface area contributed by atoms with Crippen LogP contribution in [-0.4, -0.2) is 18.5 Å². The summed E-state index contributed by atoms with van der Waals surface area (Å²) in [7, 11) is 0. The summed E-state index contributed by atoms with van der Waals surface area (Å²) in [6, 6.07) is 24.7. The summed E-state index contributed by atoms with van der Waals surface area (Å²) < 4.78 is 5.59. The van der Waals surface area contributed by atoms with Crippen molar-refractivity contribution in [3.8, 4) is 11.1 Å². The number of amides is 2. The third-order valence-electron chi connectivity index (χ3n) is 5.78. The summed E-state index contributed by atoms with van der Waals surface area (Å²) in [6.45, 7) is 8.67. The van der Waals surface area contributed by atoms with Crippen molar-refractivity contribution in [2.75, 3.05) is 6.54 Å². The highest BCUT2D eigenvalue weighted by Crippen LogP contribution is 2.31. The zero-order valence-corrected chi connectivity index (χ0v) is 20.4. The molecule has 2 atom stereocenters. The van der Waals surface area contributed by atoms with Crippen LogP contribution in [0.5, 0.6) is 0 Å². The van der Waals surface area contributed by atoms with Gasteiger partial charge in [0.05, 0.1) is 6.04 Å². The molecule has 2 amide bonds. The van der Waals surface area contributed by atoms with Crippen molar-refractivity contribution in [1.82, 2.24) is 10.6 Å². The van der Waals surface area contributed by atoms with E-state index in [1.54, 1.807) is 0 Å². The second kappa shape index (κ2) is 12.0. The first kappa shape index (κ1) is 25.0. The van der Waals surface area contributed by atoms with E-state index >= 15 is 0 Å². The van der Waals surface area contributed by atoms with Gasteiger partial charge in [-0.25, -0.2) is 4.79 Å². The molecule has 0 radical (unpaired) electrons. The highest BCUT2D eigenvalue weighted by molar-refractivity contribution is 6.01. The van der Waals surface area contributed by atoms with Crippen molar-refractivity contribution in [3.05, 3.63) is 95.6 Å². The molecule has 0 bridgehead atoms. The molecule has 2 N–H and O–H groups in total. The van der Waals surface area contributed by atoms with Crippen LogP contribution in [0.3, 0.4) is 0 Å². The largest absolute Gasteiger partial charge is 0.442 e. The fourth-order valence-electron chi connectivity index (χ4n) is 3.85. The Bertz CT molecular complexity index is 1100. The Morgan fingerprint density at radius 1 is 0.794 bits per heavy atom. The molecule has 3 aromatic carbocycles. The van der Waals surface area contributed by atoms with Crippen molar-refractivity contribution in [1.29, 1.82) is 0 Å². The van der Waals surface area contributed by atoms with Gasteiger partial charge >= 0.3 is 6.09 Å². The number of carbonyl (C=O) groups excluding carboxylic acids is 2. The molecule has 0 aliphatic carbocycles. The standard InChI is InChI=1S/C29H34N2O3/c1-20(2)18-19-30-28(32)27-17-11-10-16-26(27)25-15-9-8-14-24(25)21(3)31-29(33)34-22(4)23-12-6-5-7-13-23/h5-17,20-22H,18-19H2,1-4H3,(H,30,32)(H,31,33)/t21-,22-/m0/s1. The SMILES string of the molecule is CC(C)CCNC(=O)c1ccccc1-c1ccccc1[C@H](C)NC(=O)O[C@@H](C)c1ccccc1. The lowest BCUT2D eigenvalue weighted by molar-refractivity contribution is 0.0951. The summed E-state index contributed by atoms with van der Waals surface area (Å²) >= 11 is 0. The predicted molar refractivity (Wildman–Crippen MR) is 137 cm³/mol. The van der Waals surface area contributed by atoms with Gasteiger partial charge in [-0.1, -0.05) is 86.6 Å². The van der Waals surface area contributed by atoms with Crippen LogP contribution in [0, 0.1) is 5.92 Å². The zero-order chi connectivity index (χ0) is 24.5. The minimum Gasteiger partial charge on any atom is -0.442 e. The highest BCUT2D eigenvalue weighted by Gasteiger charge is 2.20. The minimum atomic E-state index is -0.488. The normalized spacial score (nSPS) is 12.6. The van der Waals surface area contributed by atoms with Gasteiger partial charge in [-0.2, -0.15) is 0 Å². The maximum Gasteiger partial charge on any atom is 0.408 e. The molecule has 3 rings (SSSR count). The van der Waals surface area contributed by atoms with Crippen LogP contribution in [-0.2, 0) is 4.74 Å². The average molecular weight is 459 g/mol. The number of alkyl carbamates (subject to hydrolysis) is 1. The van der Waals surface area contributed by atoms with E-state index in [2.05, 4.69) is 24.5 Å². The van der Waals surface area contributed by atoms with E-state index in [4.69, 9.17) is 4.74 Å². The lowest BCUT2D eigenvalue weighted by Crippen LogP contribution is -2.29. The van der Waals surface area contributed by atoms with Crippen LogP contribution in [0.15, 0.2) is 78.9 Å². The van der Waals surface area contributed by atoms with Gasteiger partial charge in [-0.15, -0.1) is 0 Å². The van der Waals surface area contributed by atoms with Gasteiger partial charge < -0.3 is 15.4 Å². The average Bonchev–Trinajstić information content (AvgIpc) is 2.84. The van der Waals surface area contributed by atoms with E-state index in [1.807, 2.05) is 92.7 Å². The first-order chi connectivity index (χ1) is 16.4. The molecule has 0 saturated carbocycles. The number of hydrogen-bond acceptors (Lipinski definition) is 3. The van der Waals surface area contributed by atoms with Gasteiger partial charge in [0.1, 0.15) is 6.10 Å². The molecule has 0 aliphatic heterocycles. The molecule has 5 nitrogen and oxygen atoms in total. The van der Waals surface area contributed by atoms with E-state index in [0.29, 0.717) is 18.0 Å². The summed E-state index contributed by atoms with van der Waals surface area (Å²) in [5.41, 5.74) is 4.20. The molecule has 0 aromatic heterocycles. The number of ether oxygens (including phenoxy) is 1. The molecule has 3 aromatic rings. The lowest BCUT2D eigenvalue weighted by atomic mass is 9.92. The number of benzene rings is 3. The van der Waals surface area contributed by atoms with E-state index < -0.39 is 6.09 Å². The van der Waals surface area contributed by atoms with Crippen molar-refractivity contribution in [3.63, 3.8) is 0 Å². The summed E-state index contributed by atoms with van der Waals surface area (Å²) in [6.07, 6.45) is 0.0758.